The van der Waals surface area contributed by atoms with Crippen molar-refractivity contribution in [1.29, 1.82) is 0 Å². The van der Waals surface area contributed by atoms with Crippen LogP contribution in [0, 0.1) is 0 Å². The summed E-state index contributed by atoms with van der Waals surface area (Å²) in [4.78, 5) is 0. The standard InChI is InChI=1S/C20H22O6/c1-19(2)25-18-14-6-5-13(21)9-16(14)24-11-20(18,26-19)10-12-4-7-15(22)17(8-12)23-3/h4-9,18,21-22H,10-11H2,1-3H3/t18-,20+/m0/s1. The summed E-state index contributed by atoms with van der Waals surface area (Å²) in [6, 6.07) is 10.3. The monoisotopic (exact) mass is 358 g/mol. The first-order chi connectivity index (χ1) is 12.3. The lowest BCUT2D eigenvalue weighted by Gasteiger charge is -2.37. The van der Waals surface area contributed by atoms with Crippen LogP contribution in [-0.2, 0) is 15.9 Å². The molecule has 0 saturated carbocycles. The van der Waals surface area contributed by atoms with Gasteiger partial charge in [-0.1, -0.05) is 6.07 Å². The number of phenols is 2. The highest BCUT2D eigenvalue weighted by atomic mass is 16.8. The lowest BCUT2D eigenvalue weighted by molar-refractivity contribution is -0.167. The van der Waals surface area contributed by atoms with E-state index >= 15 is 0 Å². The van der Waals surface area contributed by atoms with Gasteiger partial charge in [0.1, 0.15) is 29.8 Å². The van der Waals surface area contributed by atoms with Crippen molar-refractivity contribution in [3.05, 3.63) is 47.5 Å². The van der Waals surface area contributed by atoms with Gasteiger partial charge < -0.3 is 29.2 Å². The second-order valence-corrected chi connectivity index (χ2v) is 7.26. The third kappa shape index (κ3) is 2.75. The summed E-state index contributed by atoms with van der Waals surface area (Å²) >= 11 is 0. The zero-order chi connectivity index (χ0) is 18.5. The molecular formula is C20H22O6. The zero-order valence-electron chi connectivity index (χ0n) is 15.0. The molecule has 0 aromatic heterocycles. The van der Waals surface area contributed by atoms with E-state index in [4.69, 9.17) is 18.9 Å². The Kier molecular flexibility index (Phi) is 3.78. The highest BCUT2D eigenvalue weighted by Gasteiger charge is 2.57. The van der Waals surface area contributed by atoms with Crippen molar-refractivity contribution in [3.63, 3.8) is 0 Å². The zero-order valence-corrected chi connectivity index (χ0v) is 15.0. The van der Waals surface area contributed by atoms with Crippen molar-refractivity contribution < 1.29 is 29.2 Å². The molecule has 2 aromatic carbocycles. The van der Waals surface area contributed by atoms with E-state index < -0.39 is 11.4 Å². The molecule has 2 atom stereocenters. The minimum absolute atomic E-state index is 0.0925. The Morgan fingerprint density at radius 3 is 2.73 bits per heavy atom. The van der Waals surface area contributed by atoms with Crippen molar-refractivity contribution in [2.75, 3.05) is 13.7 Å². The molecule has 2 N–H and O–H groups in total. The molecule has 1 fully saturated rings. The number of ether oxygens (including phenoxy) is 4. The first-order valence-corrected chi connectivity index (χ1v) is 8.51. The van der Waals surface area contributed by atoms with E-state index in [-0.39, 0.29) is 17.6 Å². The van der Waals surface area contributed by atoms with Gasteiger partial charge in [-0.05, 0) is 43.7 Å². The third-order valence-electron chi connectivity index (χ3n) is 4.83. The molecule has 138 valence electrons. The number of aromatic hydroxyl groups is 2. The van der Waals surface area contributed by atoms with E-state index in [1.807, 2.05) is 26.0 Å². The fourth-order valence-electron chi connectivity index (χ4n) is 3.83. The van der Waals surface area contributed by atoms with Gasteiger partial charge in [0, 0.05) is 18.1 Å². The van der Waals surface area contributed by atoms with Gasteiger partial charge in [0.15, 0.2) is 17.3 Å². The summed E-state index contributed by atoms with van der Waals surface area (Å²) in [5.41, 5.74) is 1.08. The first kappa shape index (κ1) is 17.0. The quantitative estimate of drug-likeness (QED) is 0.877. The number of phenolic OH excluding ortho intramolecular Hbond substituents is 2. The molecule has 0 bridgehead atoms. The van der Waals surface area contributed by atoms with Gasteiger partial charge in [-0.2, -0.15) is 0 Å². The summed E-state index contributed by atoms with van der Waals surface area (Å²) < 4.78 is 23.7. The molecule has 26 heavy (non-hydrogen) atoms. The summed E-state index contributed by atoms with van der Waals surface area (Å²) in [5, 5.41) is 19.6. The predicted octanol–water partition coefficient (Wildman–Crippen LogP) is 3.30. The molecule has 6 heteroatoms. The number of fused-ring (bicyclic) bond motifs is 3. The highest BCUT2D eigenvalue weighted by molar-refractivity contribution is 5.46. The van der Waals surface area contributed by atoms with Gasteiger partial charge in [-0.3, -0.25) is 0 Å². The van der Waals surface area contributed by atoms with Crippen LogP contribution in [0.5, 0.6) is 23.0 Å². The fourth-order valence-corrected chi connectivity index (χ4v) is 3.83. The number of methoxy groups -OCH3 is 1. The third-order valence-corrected chi connectivity index (χ3v) is 4.83. The number of rotatable bonds is 3. The molecule has 6 nitrogen and oxygen atoms in total. The SMILES string of the molecule is COc1cc(C[C@@]23COc4cc(O)ccc4[C@@H]2OC(C)(C)O3)ccc1O. The van der Waals surface area contributed by atoms with Crippen LogP contribution in [0.2, 0.25) is 0 Å². The topological polar surface area (TPSA) is 77.4 Å². The Labute approximate surface area is 151 Å². The Morgan fingerprint density at radius 1 is 1.15 bits per heavy atom. The maximum Gasteiger partial charge on any atom is 0.164 e. The minimum Gasteiger partial charge on any atom is -0.508 e. The largest absolute Gasteiger partial charge is 0.508 e. The van der Waals surface area contributed by atoms with Crippen molar-refractivity contribution in [1.82, 2.24) is 0 Å². The summed E-state index contributed by atoms with van der Waals surface area (Å²) in [6.07, 6.45) is 0.194. The van der Waals surface area contributed by atoms with E-state index in [0.717, 1.165) is 11.1 Å². The number of hydrogen-bond donors (Lipinski definition) is 2. The van der Waals surface area contributed by atoms with Crippen LogP contribution in [0.4, 0.5) is 0 Å². The molecule has 4 rings (SSSR count). The van der Waals surface area contributed by atoms with Crippen LogP contribution < -0.4 is 9.47 Å². The summed E-state index contributed by atoms with van der Waals surface area (Å²) in [6.45, 7) is 4.05. The molecular weight excluding hydrogens is 336 g/mol. The van der Waals surface area contributed by atoms with E-state index in [0.29, 0.717) is 24.5 Å². The Morgan fingerprint density at radius 2 is 1.96 bits per heavy atom. The molecule has 1 saturated heterocycles. The average Bonchev–Trinajstić information content (AvgIpc) is 2.87. The molecule has 2 heterocycles. The highest BCUT2D eigenvalue weighted by Crippen LogP contribution is 2.53. The summed E-state index contributed by atoms with van der Waals surface area (Å²) in [5.74, 6) is 0.493. The maximum absolute atomic E-state index is 9.84. The van der Waals surface area contributed by atoms with E-state index in [2.05, 4.69) is 0 Å². The Balaban J connectivity index is 1.74. The molecule has 0 spiro atoms. The average molecular weight is 358 g/mol. The Hall–Kier alpha value is -2.44. The molecule has 0 amide bonds. The van der Waals surface area contributed by atoms with Crippen molar-refractivity contribution in [2.24, 2.45) is 0 Å². The minimum atomic E-state index is -0.769. The van der Waals surface area contributed by atoms with Gasteiger partial charge in [0.25, 0.3) is 0 Å². The molecule has 2 aliphatic rings. The maximum atomic E-state index is 9.84. The normalized spacial score (nSPS) is 25.9. The lowest BCUT2D eigenvalue weighted by Crippen LogP contribution is -2.46. The van der Waals surface area contributed by atoms with Crippen molar-refractivity contribution in [3.8, 4) is 23.0 Å². The second kappa shape index (κ2) is 5.79. The Bertz CT molecular complexity index is 846. The van der Waals surface area contributed by atoms with Crippen LogP contribution in [0.25, 0.3) is 0 Å². The summed E-state index contributed by atoms with van der Waals surface area (Å²) in [7, 11) is 1.52. The van der Waals surface area contributed by atoms with Gasteiger partial charge in [0.2, 0.25) is 0 Å². The molecule has 0 unspecified atom stereocenters. The van der Waals surface area contributed by atoms with Crippen LogP contribution in [0.3, 0.4) is 0 Å². The van der Waals surface area contributed by atoms with Crippen LogP contribution in [0.1, 0.15) is 31.1 Å². The molecule has 2 aromatic rings. The smallest absolute Gasteiger partial charge is 0.164 e. The molecule has 0 radical (unpaired) electrons. The fraction of sp³-hybridized carbons (Fsp3) is 0.400. The van der Waals surface area contributed by atoms with E-state index in [1.165, 1.54) is 7.11 Å². The van der Waals surface area contributed by atoms with Crippen LogP contribution >= 0.6 is 0 Å². The molecule has 0 aliphatic carbocycles. The molecule has 2 aliphatic heterocycles. The lowest BCUT2D eigenvalue weighted by atomic mass is 9.84. The predicted molar refractivity (Wildman–Crippen MR) is 93.7 cm³/mol. The van der Waals surface area contributed by atoms with Gasteiger partial charge in [-0.15, -0.1) is 0 Å². The van der Waals surface area contributed by atoms with Crippen molar-refractivity contribution in [2.45, 2.75) is 37.8 Å². The second-order valence-electron chi connectivity index (χ2n) is 7.26. The van der Waals surface area contributed by atoms with E-state index in [9.17, 15) is 10.2 Å². The van der Waals surface area contributed by atoms with Gasteiger partial charge in [0.05, 0.1) is 7.11 Å². The van der Waals surface area contributed by atoms with E-state index in [1.54, 1.807) is 24.3 Å². The van der Waals surface area contributed by atoms with Crippen molar-refractivity contribution >= 4 is 0 Å². The number of hydrogen-bond acceptors (Lipinski definition) is 6. The number of benzene rings is 2. The first-order valence-electron chi connectivity index (χ1n) is 8.51. The van der Waals surface area contributed by atoms with Crippen LogP contribution in [0.15, 0.2) is 36.4 Å². The van der Waals surface area contributed by atoms with Crippen LogP contribution in [-0.4, -0.2) is 35.3 Å². The van der Waals surface area contributed by atoms with Gasteiger partial charge >= 0.3 is 0 Å². The van der Waals surface area contributed by atoms with Gasteiger partial charge in [-0.25, -0.2) is 0 Å².